The first-order valence-corrected chi connectivity index (χ1v) is 8.46. The summed E-state index contributed by atoms with van der Waals surface area (Å²) >= 11 is 0. The molecule has 4 rings (SSSR count). The highest BCUT2D eigenvalue weighted by Gasteiger charge is 2.37. The van der Waals surface area contributed by atoms with E-state index in [1.165, 1.54) is 38.8 Å². The van der Waals surface area contributed by atoms with Gasteiger partial charge in [0.2, 0.25) is 5.52 Å². The van der Waals surface area contributed by atoms with E-state index in [1.54, 1.807) is 0 Å². The minimum atomic E-state index is 0.236. The van der Waals surface area contributed by atoms with Crippen LogP contribution in [0, 0.1) is 6.92 Å². The molecule has 0 N–H and O–H groups in total. The molecule has 0 spiro atoms. The van der Waals surface area contributed by atoms with Gasteiger partial charge < -0.3 is 4.81 Å². The Bertz CT molecular complexity index is 975. The summed E-state index contributed by atoms with van der Waals surface area (Å²) in [7, 11) is 4.37. The molecular weight excluding hydrogens is 291 g/mol. The Morgan fingerprint density at radius 1 is 0.958 bits per heavy atom. The average molecular weight is 313 g/mol. The van der Waals surface area contributed by atoms with Gasteiger partial charge >= 0.3 is 6.85 Å². The van der Waals surface area contributed by atoms with Crippen molar-refractivity contribution in [1.29, 1.82) is 0 Å². The van der Waals surface area contributed by atoms with Crippen LogP contribution in [-0.2, 0) is 7.05 Å². The number of hydrogen-bond donors (Lipinski definition) is 0. The quantitative estimate of drug-likeness (QED) is 0.494. The summed E-state index contributed by atoms with van der Waals surface area (Å²) in [6.45, 7) is 4.64. The lowest BCUT2D eigenvalue weighted by atomic mass is 9.48. The molecule has 2 aromatic carbocycles. The second-order valence-electron chi connectivity index (χ2n) is 6.76. The molecule has 24 heavy (non-hydrogen) atoms. The van der Waals surface area contributed by atoms with Gasteiger partial charge in [-0.25, -0.2) is 4.57 Å². The second kappa shape index (κ2) is 5.52. The number of nitrogens with zero attached hydrogens (tertiary/aromatic N) is 2. The fraction of sp³-hybridized carbons (Fsp3) is 0.190. The smallest absolute Gasteiger partial charge is 0.404 e. The number of hydrogen-bond acceptors (Lipinski definition) is 1. The van der Waals surface area contributed by atoms with Crippen molar-refractivity contribution >= 4 is 34.9 Å². The summed E-state index contributed by atoms with van der Waals surface area (Å²) in [6, 6.07) is 19.7. The van der Waals surface area contributed by atoms with Gasteiger partial charge in [0.25, 0.3) is 0 Å². The number of aromatic nitrogens is 1. The first-order valence-electron chi connectivity index (χ1n) is 8.46. The maximum atomic E-state index is 2.38. The Kier molecular flexibility index (Phi) is 3.45. The van der Waals surface area contributed by atoms with Gasteiger partial charge in [0, 0.05) is 17.5 Å². The van der Waals surface area contributed by atoms with Crippen molar-refractivity contribution in [1.82, 2.24) is 4.81 Å². The zero-order valence-corrected chi connectivity index (χ0v) is 14.7. The van der Waals surface area contributed by atoms with E-state index in [1.807, 2.05) is 0 Å². The molecule has 2 heterocycles. The molecule has 3 heteroatoms. The molecule has 0 atom stereocenters. The normalized spacial score (nSPS) is 13.9. The van der Waals surface area contributed by atoms with Crippen LogP contribution in [0.5, 0.6) is 0 Å². The first-order chi connectivity index (χ1) is 11.6. The maximum Gasteiger partial charge on any atom is 0.404 e. The summed E-state index contributed by atoms with van der Waals surface area (Å²) in [4.78, 5) is 2.38. The molecule has 1 aliphatic heterocycles. The Morgan fingerprint density at radius 2 is 1.67 bits per heavy atom. The number of pyridine rings is 1. The summed E-state index contributed by atoms with van der Waals surface area (Å²) in [5, 5.41) is 1.32. The third kappa shape index (κ3) is 2.15. The van der Waals surface area contributed by atoms with Crippen LogP contribution in [0.1, 0.15) is 18.1 Å². The van der Waals surface area contributed by atoms with Gasteiger partial charge in [-0.2, -0.15) is 0 Å². The molecular formula is C21H22BN2+. The second-order valence-corrected chi connectivity index (χ2v) is 6.76. The van der Waals surface area contributed by atoms with Crippen LogP contribution < -0.4 is 15.6 Å². The van der Waals surface area contributed by atoms with Crippen LogP contribution in [-0.4, -0.2) is 18.7 Å². The Morgan fingerprint density at radius 3 is 2.50 bits per heavy atom. The zero-order chi connectivity index (χ0) is 16.8. The van der Waals surface area contributed by atoms with Gasteiger partial charge in [0.1, 0.15) is 7.05 Å². The lowest BCUT2D eigenvalue weighted by molar-refractivity contribution is -0.627. The van der Waals surface area contributed by atoms with E-state index in [2.05, 4.69) is 98.0 Å². The monoisotopic (exact) mass is 313 g/mol. The van der Waals surface area contributed by atoms with Crippen LogP contribution in [0.15, 0.2) is 60.3 Å². The SMILES string of the molecule is CC1=Cc2ccccc2B(c2cc(C)c3ccccc3[n+]2C)N1C. The molecule has 0 saturated carbocycles. The van der Waals surface area contributed by atoms with Crippen LogP contribution in [0.25, 0.3) is 17.0 Å². The molecule has 0 amide bonds. The molecule has 3 aromatic rings. The molecule has 1 aromatic heterocycles. The van der Waals surface area contributed by atoms with E-state index in [-0.39, 0.29) is 6.85 Å². The predicted octanol–water partition coefficient (Wildman–Crippen LogP) is 2.38. The van der Waals surface area contributed by atoms with Crippen molar-refractivity contribution in [3.8, 4) is 0 Å². The van der Waals surface area contributed by atoms with E-state index in [4.69, 9.17) is 0 Å². The Labute approximate surface area is 144 Å². The van der Waals surface area contributed by atoms with Gasteiger partial charge in [-0.1, -0.05) is 36.4 Å². The summed E-state index contributed by atoms with van der Waals surface area (Å²) < 4.78 is 2.35. The van der Waals surface area contributed by atoms with Crippen LogP contribution in [0.2, 0.25) is 0 Å². The lowest BCUT2D eigenvalue weighted by Gasteiger charge is -2.31. The number of para-hydroxylation sites is 1. The van der Waals surface area contributed by atoms with Gasteiger partial charge in [-0.15, -0.1) is 0 Å². The molecule has 1 aliphatic rings. The highest BCUT2D eigenvalue weighted by atomic mass is 15.1. The number of benzene rings is 2. The largest absolute Gasteiger partial charge is 0.408 e. The molecule has 118 valence electrons. The van der Waals surface area contributed by atoms with E-state index in [9.17, 15) is 0 Å². The van der Waals surface area contributed by atoms with Crippen LogP contribution in [0.4, 0.5) is 0 Å². The van der Waals surface area contributed by atoms with Gasteiger partial charge in [0.15, 0.2) is 5.59 Å². The molecule has 0 radical (unpaired) electrons. The van der Waals surface area contributed by atoms with Crippen molar-refractivity contribution in [2.75, 3.05) is 7.05 Å². The Hall–Kier alpha value is -2.55. The van der Waals surface area contributed by atoms with E-state index in [0.29, 0.717) is 0 Å². The maximum absolute atomic E-state index is 2.38. The summed E-state index contributed by atoms with van der Waals surface area (Å²) in [5.74, 6) is 0. The number of allylic oxidation sites excluding steroid dienone is 1. The summed E-state index contributed by atoms with van der Waals surface area (Å²) in [6.07, 6.45) is 2.28. The van der Waals surface area contributed by atoms with Gasteiger partial charge in [-0.3, -0.25) is 0 Å². The minimum absolute atomic E-state index is 0.236. The topological polar surface area (TPSA) is 7.12 Å². The lowest BCUT2D eigenvalue weighted by Crippen LogP contribution is -2.66. The minimum Gasteiger partial charge on any atom is -0.408 e. The molecule has 0 aliphatic carbocycles. The number of fused-ring (bicyclic) bond motifs is 2. The standard InChI is InChI=1S/C21H22BN2/c1-15-13-21(23(3)20-12-8-6-10-18(15)20)22-19-11-7-5-9-17(19)14-16(2)24(22)4/h5-14H,1-4H3/q+1. The van der Waals surface area contributed by atoms with E-state index >= 15 is 0 Å². The fourth-order valence-corrected chi connectivity index (χ4v) is 3.89. The third-order valence-corrected chi connectivity index (χ3v) is 5.32. The number of aryl methyl sites for hydroxylation is 2. The van der Waals surface area contributed by atoms with Crippen molar-refractivity contribution in [2.24, 2.45) is 7.05 Å². The summed E-state index contributed by atoms with van der Waals surface area (Å²) in [5.41, 5.74) is 7.93. The average Bonchev–Trinajstić information content (AvgIpc) is 2.60. The molecule has 0 unspecified atom stereocenters. The third-order valence-electron chi connectivity index (χ3n) is 5.32. The fourth-order valence-electron chi connectivity index (χ4n) is 3.89. The Balaban J connectivity index is 2.01. The highest BCUT2D eigenvalue weighted by Crippen LogP contribution is 2.18. The van der Waals surface area contributed by atoms with Gasteiger partial charge in [0.05, 0.1) is 0 Å². The van der Waals surface area contributed by atoms with Crippen LogP contribution in [0.3, 0.4) is 0 Å². The molecule has 0 saturated heterocycles. The van der Waals surface area contributed by atoms with E-state index < -0.39 is 0 Å². The molecule has 2 nitrogen and oxygen atoms in total. The van der Waals surface area contributed by atoms with Crippen LogP contribution >= 0.6 is 0 Å². The zero-order valence-electron chi connectivity index (χ0n) is 14.7. The predicted molar refractivity (Wildman–Crippen MR) is 103 cm³/mol. The van der Waals surface area contributed by atoms with Crippen molar-refractivity contribution in [3.05, 3.63) is 71.4 Å². The van der Waals surface area contributed by atoms with Crippen molar-refractivity contribution in [2.45, 2.75) is 13.8 Å². The highest BCUT2D eigenvalue weighted by molar-refractivity contribution is 6.83. The number of rotatable bonds is 1. The first kappa shape index (κ1) is 15.0. The van der Waals surface area contributed by atoms with E-state index in [0.717, 1.165) is 0 Å². The molecule has 0 bridgehead atoms. The van der Waals surface area contributed by atoms with Crippen molar-refractivity contribution in [3.63, 3.8) is 0 Å². The van der Waals surface area contributed by atoms with Crippen molar-refractivity contribution < 1.29 is 4.57 Å². The van der Waals surface area contributed by atoms with Gasteiger partial charge in [-0.05, 0) is 55.3 Å². The molecule has 0 fully saturated rings.